The zero-order chi connectivity index (χ0) is 18.5. The molecule has 2 aliphatic heterocycles. The number of anilines is 1. The standard InChI is InChI=1S/C24H26N2O/c27-23(10-4-8-19-6-2-1-3-7-19)16-20-11-12-21-13-15-26(24(21)17-20)18-22-9-5-14-25-22/h1-3,6-7,9,11-12,14,17H,4-5,8,10,13,15-16,18H2. The number of ketones is 1. The highest BCUT2D eigenvalue weighted by Crippen LogP contribution is 2.30. The number of allylic oxidation sites excluding steroid dienone is 1. The van der Waals surface area contributed by atoms with Gasteiger partial charge in [0.25, 0.3) is 0 Å². The molecule has 0 fully saturated rings. The van der Waals surface area contributed by atoms with Crippen molar-refractivity contribution in [3.05, 3.63) is 77.0 Å². The molecule has 4 rings (SSSR count). The van der Waals surface area contributed by atoms with Gasteiger partial charge in [0, 0.05) is 37.7 Å². The van der Waals surface area contributed by atoms with Gasteiger partial charge in [-0.2, -0.15) is 0 Å². The van der Waals surface area contributed by atoms with Crippen molar-refractivity contribution < 1.29 is 4.79 Å². The van der Waals surface area contributed by atoms with Crippen molar-refractivity contribution in [3.63, 3.8) is 0 Å². The number of rotatable bonds is 8. The van der Waals surface area contributed by atoms with Crippen LogP contribution in [0.15, 0.2) is 65.3 Å². The van der Waals surface area contributed by atoms with Crippen LogP contribution >= 0.6 is 0 Å². The minimum Gasteiger partial charge on any atom is -0.365 e. The van der Waals surface area contributed by atoms with Crippen LogP contribution in [0.25, 0.3) is 0 Å². The smallest absolute Gasteiger partial charge is 0.137 e. The summed E-state index contributed by atoms with van der Waals surface area (Å²) in [6.45, 7) is 1.91. The number of fused-ring (bicyclic) bond motifs is 1. The zero-order valence-electron chi connectivity index (χ0n) is 15.7. The van der Waals surface area contributed by atoms with E-state index in [1.165, 1.54) is 16.8 Å². The van der Waals surface area contributed by atoms with Crippen molar-refractivity contribution in [2.75, 3.05) is 18.0 Å². The van der Waals surface area contributed by atoms with Gasteiger partial charge >= 0.3 is 0 Å². The number of carbonyl (C=O) groups is 1. The molecule has 2 aromatic rings. The molecule has 0 unspecified atom stereocenters. The van der Waals surface area contributed by atoms with E-state index in [9.17, 15) is 4.79 Å². The highest BCUT2D eigenvalue weighted by atomic mass is 16.1. The van der Waals surface area contributed by atoms with Crippen LogP contribution in [-0.4, -0.2) is 25.1 Å². The Morgan fingerprint density at radius 1 is 1.07 bits per heavy atom. The highest BCUT2D eigenvalue weighted by molar-refractivity contribution is 5.81. The zero-order valence-corrected chi connectivity index (χ0v) is 15.7. The fraction of sp³-hybridized carbons (Fsp3) is 0.333. The first kappa shape index (κ1) is 17.7. The maximum Gasteiger partial charge on any atom is 0.137 e. The summed E-state index contributed by atoms with van der Waals surface area (Å²) in [7, 11) is 0. The van der Waals surface area contributed by atoms with Crippen molar-refractivity contribution in [2.45, 2.75) is 38.5 Å². The summed E-state index contributed by atoms with van der Waals surface area (Å²) in [5.41, 5.74) is 6.27. The average Bonchev–Trinajstić information content (AvgIpc) is 3.33. The molecule has 2 aromatic carbocycles. The summed E-state index contributed by atoms with van der Waals surface area (Å²) >= 11 is 0. The Morgan fingerprint density at radius 3 is 2.78 bits per heavy atom. The van der Waals surface area contributed by atoms with E-state index >= 15 is 0 Å². The Bertz CT molecular complexity index is 867. The van der Waals surface area contributed by atoms with Crippen LogP contribution in [0.2, 0.25) is 0 Å². The topological polar surface area (TPSA) is 32.7 Å². The molecular formula is C24H26N2O. The first-order valence-electron chi connectivity index (χ1n) is 9.92. The van der Waals surface area contributed by atoms with Crippen molar-refractivity contribution in [3.8, 4) is 0 Å². The number of hydrogen-bond donors (Lipinski definition) is 0. The number of benzene rings is 2. The van der Waals surface area contributed by atoms with Crippen molar-refractivity contribution in [1.82, 2.24) is 0 Å². The normalized spacial score (nSPS) is 15.1. The van der Waals surface area contributed by atoms with Gasteiger partial charge in [0.1, 0.15) is 5.78 Å². The van der Waals surface area contributed by atoms with E-state index in [1.807, 2.05) is 12.3 Å². The van der Waals surface area contributed by atoms with Crippen molar-refractivity contribution in [1.29, 1.82) is 0 Å². The molecule has 0 aromatic heterocycles. The number of carbonyl (C=O) groups excluding carboxylic acids is 1. The molecule has 0 bridgehead atoms. The van der Waals surface area contributed by atoms with E-state index in [-0.39, 0.29) is 0 Å². The maximum atomic E-state index is 12.4. The SMILES string of the molecule is O=C(CCCc1ccccc1)Cc1ccc2c(c1)N(CC1=CCC=N1)CC2. The minimum atomic E-state index is 0.332. The molecule has 0 amide bonds. The first-order chi connectivity index (χ1) is 13.3. The highest BCUT2D eigenvalue weighted by Gasteiger charge is 2.21. The lowest BCUT2D eigenvalue weighted by Gasteiger charge is -2.19. The summed E-state index contributed by atoms with van der Waals surface area (Å²) in [5.74, 6) is 0.332. The fourth-order valence-corrected chi connectivity index (χ4v) is 3.93. The lowest BCUT2D eigenvalue weighted by Crippen LogP contribution is -2.22. The predicted octanol–water partition coefficient (Wildman–Crippen LogP) is 4.54. The molecule has 3 nitrogen and oxygen atoms in total. The molecule has 0 saturated carbocycles. The molecule has 0 saturated heterocycles. The van der Waals surface area contributed by atoms with Crippen LogP contribution in [-0.2, 0) is 24.1 Å². The lowest BCUT2D eigenvalue weighted by atomic mass is 10.0. The predicted molar refractivity (Wildman–Crippen MR) is 112 cm³/mol. The van der Waals surface area contributed by atoms with Crippen molar-refractivity contribution >= 4 is 17.7 Å². The van der Waals surface area contributed by atoms with Crippen LogP contribution in [0.1, 0.15) is 36.0 Å². The quantitative estimate of drug-likeness (QED) is 0.694. The van der Waals surface area contributed by atoms with Gasteiger partial charge < -0.3 is 4.90 Å². The number of hydrogen-bond acceptors (Lipinski definition) is 3. The molecule has 138 valence electrons. The molecule has 0 radical (unpaired) electrons. The van der Waals surface area contributed by atoms with Gasteiger partial charge in [0.2, 0.25) is 0 Å². The Kier molecular flexibility index (Phi) is 5.47. The Labute approximate surface area is 161 Å². The van der Waals surface area contributed by atoms with E-state index in [0.29, 0.717) is 18.6 Å². The van der Waals surface area contributed by atoms with E-state index in [1.54, 1.807) is 0 Å². The molecule has 0 spiro atoms. The van der Waals surface area contributed by atoms with Gasteiger partial charge in [0.05, 0.1) is 12.2 Å². The molecular weight excluding hydrogens is 332 g/mol. The summed E-state index contributed by atoms with van der Waals surface area (Å²) in [6.07, 6.45) is 9.28. The summed E-state index contributed by atoms with van der Waals surface area (Å²) in [5, 5.41) is 0. The van der Waals surface area contributed by atoms with E-state index < -0.39 is 0 Å². The van der Waals surface area contributed by atoms with Gasteiger partial charge in [-0.1, -0.05) is 48.5 Å². The lowest BCUT2D eigenvalue weighted by molar-refractivity contribution is -0.118. The second kappa shape index (κ2) is 8.34. The van der Waals surface area contributed by atoms with Crippen LogP contribution in [0.4, 0.5) is 5.69 Å². The van der Waals surface area contributed by atoms with Gasteiger partial charge in [-0.15, -0.1) is 0 Å². The number of nitrogens with zero attached hydrogens (tertiary/aromatic N) is 2. The van der Waals surface area contributed by atoms with Gasteiger partial charge in [-0.25, -0.2) is 0 Å². The summed E-state index contributed by atoms with van der Waals surface area (Å²) in [4.78, 5) is 19.3. The molecule has 0 atom stereocenters. The minimum absolute atomic E-state index is 0.332. The van der Waals surface area contributed by atoms with E-state index in [2.05, 4.69) is 58.4 Å². The van der Waals surface area contributed by atoms with E-state index in [0.717, 1.165) is 50.0 Å². The third kappa shape index (κ3) is 4.54. The number of aliphatic imine (C=N–C) groups is 1. The fourth-order valence-electron chi connectivity index (χ4n) is 3.93. The monoisotopic (exact) mass is 358 g/mol. The Balaban J connectivity index is 1.33. The van der Waals surface area contributed by atoms with Gasteiger partial charge in [0.15, 0.2) is 0 Å². The van der Waals surface area contributed by atoms with Crippen LogP contribution in [0.3, 0.4) is 0 Å². The Morgan fingerprint density at radius 2 is 1.96 bits per heavy atom. The van der Waals surface area contributed by atoms with Gasteiger partial charge in [-0.3, -0.25) is 9.79 Å². The van der Waals surface area contributed by atoms with Crippen LogP contribution in [0.5, 0.6) is 0 Å². The molecule has 0 N–H and O–H groups in total. The first-order valence-corrected chi connectivity index (χ1v) is 9.92. The third-order valence-corrected chi connectivity index (χ3v) is 5.38. The molecule has 2 aliphatic rings. The average molecular weight is 358 g/mol. The molecule has 3 heteroatoms. The summed E-state index contributed by atoms with van der Waals surface area (Å²) in [6, 6.07) is 16.9. The second-order valence-corrected chi connectivity index (χ2v) is 7.43. The van der Waals surface area contributed by atoms with Crippen molar-refractivity contribution in [2.24, 2.45) is 4.99 Å². The largest absolute Gasteiger partial charge is 0.365 e. The number of Topliss-reactive ketones (excluding diaryl/α,β-unsaturated/α-hetero) is 1. The van der Waals surface area contributed by atoms with Crippen LogP contribution in [0, 0.1) is 0 Å². The molecule has 2 heterocycles. The maximum absolute atomic E-state index is 12.4. The molecule has 27 heavy (non-hydrogen) atoms. The van der Waals surface area contributed by atoms with Gasteiger partial charge in [-0.05, 0) is 42.0 Å². The van der Waals surface area contributed by atoms with E-state index in [4.69, 9.17) is 0 Å². The Hall–Kier alpha value is -2.68. The number of aryl methyl sites for hydroxylation is 1. The third-order valence-electron chi connectivity index (χ3n) is 5.38. The molecule has 0 aliphatic carbocycles. The summed E-state index contributed by atoms with van der Waals surface area (Å²) < 4.78 is 0. The second-order valence-electron chi connectivity index (χ2n) is 7.43. The van der Waals surface area contributed by atoms with Crippen LogP contribution < -0.4 is 4.90 Å².